The SMILES string of the molecule is CCC(C)NS(=O)(=O)c1ccc(/C=C(\C)C(=O)O)cc1. The van der Waals surface area contributed by atoms with E-state index in [1.54, 1.807) is 19.1 Å². The Morgan fingerprint density at radius 2 is 1.90 bits per heavy atom. The molecule has 0 fully saturated rings. The lowest BCUT2D eigenvalue weighted by atomic mass is 10.1. The molecule has 0 heterocycles. The van der Waals surface area contributed by atoms with Gasteiger partial charge in [0.15, 0.2) is 0 Å². The van der Waals surface area contributed by atoms with E-state index in [2.05, 4.69) is 4.72 Å². The summed E-state index contributed by atoms with van der Waals surface area (Å²) in [6.07, 6.45) is 2.19. The molecule has 0 radical (unpaired) electrons. The number of hydrogen-bond donors (Lipinski definition) is 2. The number of sulfonamides is 1. The average Bonchev–Trinajstić information content (AvgIpc) is 2.38. The standard InChI is InChI=1S/C14H19NO4S/c1-4-11(3)15-20(18,19)13-7-5-12(6-8-13)9-10(2)14(16)17/h5-9,11,15H,4H2,1-3H3,(H,16,17)/b10-9+. The number of hydrogen-bond acceptors (Lipinski definition) is 3. The summed E-state index contributed by atoms with van der Waals surface area (Å²) >= 11 is 0. The molecule has 1 unspecified atom stereocenters. The topological polar surface area (TPSA) is 83.5 Å². The third kappa shape index (κ3) is 4.47. The zero-order valence-electron chi connectivity index (χ0n) is 11.8. The predicted octanol–water partition coefficient (Wildman–Crippen LogP) is 2.25. The molecule has 0 aromatic heterocycles. The lowest BCUT2D eigenvalue weighted by Gasteiger charge is -2.12. The minimum Gasteiger partial charge on any atom is -0.478 e. The maximum atomic E-state index is 12.0. The van der Waals surface area contributed by atoms with Crippen molar-refractivity contribution in [3.8, 4) is 0 Å². The summed E-state index contributed by atoms with van der Waals surface area (Å²) in [5.74, 6) is -1.000. The van der Waals surface area contributed by atoms with Crippen LogP contribution in [-0.4, -0.2) is 25.5 Å². The normalized spacial score (nSPS) is 14.1. The van der Waals surface area contributed by atoms with Gasteiger partial charge in [0.2, 0.25) is 10.0 Å². The Morgan fingerprint density at radius 3 is 2.35 bits per heavy atom. The molecule has 0 amide bonds. The lowest BCUT2D eigenvalue weighted by molar-refractivity contribution is -0.132. The number of carboxylic acids is 1. The monoisotopic (exact) mass is 297 g/mol. The van der Waals surface area contributed by atoms with E-state index in [1.807, 2.05) is 6.92 Å². The minimum atomic E-state index is -3.52. The molecular weight excluding hydrogens is 278 g/mol. The van der Waals surface area contributed by atoms with E-state index in [4.69, 9.17) is 5.11 Å². The molecule has 0 aliphatic carbocycles. The van der Waals surface area contributed by atoms with Crippen molar-refractivity contribution in [1.29, 1.82) is 0 Å². The quantitative estimate of drug-likeness (QED) is 0.789. The highest BCUT2D eigenvalue weighted by Crippen LogP contribution is 2.14. The van der Waals surface area contributed by atoms with Gasteiger partial charge in [0, 0.05) is 11.6 Å². The van der Waals surface area contributed by atoms with Crippen LogP contribution >= 0.6 is 0 Å². The van der Waals surface area contributed by atoms with Gasteiger partial charge in [0.05, 0.1) is 4.90 Å². The van der Waals surface area contributed by atoms with Crippen molar-refractivity contribution in [2.45, 2.75) is 38.1 Å². The van der Waals surface area contributed by atoms with Gasteiger partial charge in [-0.1, -0.05) is 19.1 Å². The van der Waals surface area contributed by atoms with Crippen molar-refractivity contribution in [2.75, 3.05) is 0 Å². The first-order valence-corrected chi connectivity index (χ1v) is 7.78. The first-order chi connectivity index (χ1) is 9.26. The van der Waals surface area contributed by atoms with Crippen LogP contribution < -0.4 is 4.72 Å². The van der Waals surface area contributed by atoms with E-state index in [0.29, 0.717) is 12.0 Å². The highest BCUT2D eigenvalue weighted by molar-refractivity contribution is 7.89. The Hall–Kier alpha value is -1.66. The molecule has 1 aromatic carbocycles. The van der Waals surface area contributed by atoms with Crippen molar-refractivity contribution < 1.29 is 18.3 Å². The molecule has 0 aliphatic rings. The number of nitrogens with one attached hydrogen (secondary N) is 1. The molecule has 1 aromatic rings. The molecule has 0 spiro atoms. The van der Waals surface area contributed by atoms with Gasteiger partial charge in [-0.3, -0.25) is 0 Å². The van der Waals surface area contributed by atoms with Crippen LogP contribution in [0.3, 0.4) is 0 Å². The summed E-state index contributed by atoms with van der Waals surface area (Å²) in [6, 6.07) is 5.96. The van der Waals surface area contributed by atoms with E-state index >= 15 is 0 Å². The third-order valence-corrected chi connectivity index (χ3v) is 4.49. The molecule has 0 aliphatic heterocycles. The second-order valence-electron chi connectivity index (χ2n) is 4.63. The maximum Gasteiger partial charge on any atom is 0.331 e. The van der Waals surface area contributed by atoms with Gasteiger partial charge >= 0.3 is 5.97 Å². The fourth-order valence-electron chi connectivity index (χ4n) is 1.47. The average molecular weight is 297 g/mol. The molecule has 1 rings (SSSR count). The maximum absolute atomic E-state index is 12.0. The van der Waals surface area contributed by atoms with Gasteiger partial charge < -0.3 is 5.11 Å². The van der Waals surface area contributed by atoms with Crippen LogP contribution in [0.4, 0.5) is 0 Å². The molecule has 0 saturated carbocycles. The molecule has 20 heavy (non-hydrogen) atoms. The van der Waals surface area contributed by atoms with Crippen LogP contribution in [0.25, 0.3) is 6.08 Å². The highest BCUT2D eigenvalue weighted by atomic mass is 32.2. The largest absolute Gasteiger partial charge is 0.478 e. The number of carbonyl (C=O) groups is 1. The summed E-state index contributed by atoms with van der Waals surface area (Å²) in [7, 11) is -3.52. The fraction of sp³-hybridized carbons (Fsp3) is 0.357. The molecule has 0 bridgehead atoms. The second-order valence-corrected chi connectivity index (χ2v) is 6.35. The van der Waals surface area contributed by atoms with Crippen molar-refractivity contribution in [3.63, 3.8) is 0 Å². The Kier molecular flexibility index (Phi) is 5.47. The molecule has 110 valence electrons. The van der Waals surface area contributed by atoms with Crippen LogP contribution in [0.15, 0.2) is 34.7 Å². The van der Waals surface area contributed by atoms with Crippen molar-refractivity contribution in [2.24, 2.45) is 0 Å². The van der Waals surface area contributed by atoms with Gasteiger partial charge in [-0.2, -0.15) is 0 Å². The van der Waals surface area contributed by atoms with Crippen LogP contribution in [0, 0.1) is 0 Å². The highest BCUT2D eigenvalue weighted by Gasteiger charge is 2.15. The van der Waals surface area contributed by atoms with E-state index in [-0.39, 0.29) is 16.5 Å². The van der Waals surface area contributed by atoms with Crippen LogP contribution in [0.1, 0.15) is 32.8 Å². The van der Waals surface area contributed by atoms with Gasteiger partial charge in [-0.25, -0.2) is 17.9 Å². The molecular formula is C14H19NO4S. The Bertz CT molecular complexity index is 603. The smallest absolute Gasteiger partial charge is 0.331 e. The van der Waals surface area contributed by atoms with Gasteiger partial charge in [-0.05, 0) is 44.0 Å². The predicted molar refractivity (Wildman–Crippen MR) is 77.8 cm³/mol. The molecule has 0 saturated heterocycles. The first-order valence-electron chi connectivity index (χ1n) is 6.30. The second kappa shape index (κ2) is 6.67. The van der Waals surface area contributed by atoms with Crippen LogP contribution in [-0.2, 0) is 14.8 Å². The zero-order valence-corrected chi connectivity index (χ0v) is 12.6. The summed E-state index contributed by atoms with van der Waals surface area (Å²) in [5.41, 5.74) is 0.839. The Balaban J connectivity index is 2.97. The fourth-order valence-corrected chi connectivity index (χ4v) is 2.80. The van der Waals surface area contributed by atoms with Crippen LogP contribution in [0.2, 0.25) is 0 Å². The summed E-state index contributed by atoms with van der Waals surface area (Å²) in [5, 5.41) is 8.78. The zero-order chi connectivity index (χ0) is 15.3. The number of rotatable bonds is 6. The Morgan fingerprint density at radius 1 is 1.35 bits per heavy atom. The van der Waals surface area contributed by atoms with E-state index < -0.39 is 16.0 Å². The minimum absolute atomic E-state index is 0.131. The molecule has 1 atom stereocenters. The van der Waals surface area contributed by atoms with E-state index in [1.165, 1.54) is 25.1 Å². The van der Waals surface area contributed by atoms with Crippen molar-refractivity contribution in [3.05, 3.63) is 35.4 Å². The van der Waals surface area contributed by atoms with Gasteiger partial charge in [0.25, 0.3) is 0 Å². The summed E-state index contributed by atoms with van der Waals surface area (Å²) < 4.78 is 26.6. The van der Waals surface area contributed by atoms with Crippen molar-refractivity contribution >= 4 is 22.1 Å². The molecule has 2 N–H and O–H groups in total. The lowest BCUT2D eigenvalue weighted by Crippen LogP contribution is -2.31. The molecule has 6 heteroatoms. The van der Waals surface area contributed by atoms with Gasteiger partial charge in [0.1, 0.15) is 0 Å². The van der Waals surface area contributed by atoms with Crippen LogP contribution in [0.5, 0.6) is 0 Å². The Labute approximate surface area is 119 Å². The van der Waals surface area contributed by atoms with Gasteiger partial charge in [-0.15, -0.1) is 0 Å². The summed E-state index contributed by atoms with van der Waals surface area (Å²) in [4.78, 5) is 10.9. The third-order valence-electron chi connectivity index (χ3n) is 2.88. The first kappa shape index (κ1) is 16.4. The number of carboxylic acid groups (broad SMARTS) is 1. The molecule has 5 nitrogen and oxygen atoms in total. The summed E-state index contributed by atoms with van der Waals surface area (Å²) in [6.45, 7) is 5.18. The number of aliphatic carboxylic acids is 1. The van der Waals surface area contributed by atoms with E-state index in [0.717, 1.165) is 0 Å². The number of benzene rings is 1. The van der Waals surface area contributed by atoms with Crippen molar-refractivity contribution in [1.82, 2.24) is 4.72 Å². The van der Waals surface area contributed by atoms with E-state index in [9.17, 15) is 13.2 Å².